The number of ether oxygens (including phenoxy) is 1. The van der Waals surface area contributed by atoms with E-state index in [1.54, 1.807) is 0 Å². The van der Waals surface area contributed by atoms with Gasteiger partial charge in [0.2, 0.25) is 0 Å². The van der Waals surface area contributed by atoms with Crippen LogP contribution in [0.4, 0.5) is 0 Å². The summed E-state index contributed by atoms with van der Waals surface area (Å²) in [5, 5.41) is 0. The number of ketones is 1. The van der Waals surface area contributed by atoms with Crippen LogP contribution in [-0.4, -0.2) is 18.4 Å². The lowest BCUT2D eigenvalue weighted by molar-refractivity contribution is -0.143. The molecule has 4 aliphatic rings. The molecule has 0 heterocycles. The molecule has 0 saturated heterocycles. The van der Waals surface area contributed by atoms with E-state index >= 15 is 0 Å². The molecule has 3 heteroatoms. The van der Waals surface area contributed by atoms with Crippen molar-refractivity contribution in [1.82, 2.24) is 0 Å². The van der Waals surface area contributed by atoms with Crippen molar-refractivity contribution in [3.8, 4) is 0 Å². The van der Waals surface area contributed by atoms with Gasteiger partial charge in [-0.05, 0) is 105 Å². The fourth-order valence-electron chi connectivity index (χ4n) is 8.31. The number of rotatable bonds is 5. The molecule has 0 amide bonds. The molecule has 4 rings (SSSR count). The van der Waals surface area contributed by atoms with Crippen LogP contribution in [0.25, 0.3) is 0 Å². The highest BCUT2D eigenvalue weighted by atomic mass is 16.5. The quantitative estimate of drug-likeness (QED) is 0.523. The maximum atomic E-state index is 12.0. The molecule has 0 radical (unpaired) electrons. The summed E-state index contributed by atoms with van der Waals surface area (Å²) < 4.78 is 5.16. The average molecular weight is 401 g/mol. The smallest absolute Gasteiger partial charge is 0.305 e. The molecule has 162 valence electrons. The molecule has 29 heavy (non-hydrogen) atoms. The first-order valence-corrected chi connectivity index (χ1v) is 12.2. The van der Waals surface area contributed by atoms with Gasteiger partial charge in [0.15, 0.2) is 5.78 Å². The fraction of sp³-hybridized carbons (Fsp3) is 0.846. The first-order chi connectivity index (χ1) is 13.8. The molecule has 3 nitrogen and oxygen atoms in total. The van der Waals surface area contributed by atoms with E-state index in [4.69, 9.17) is 4.74 Å². The Labute approximate surface area is 177 Å². The predicted molar refractivity (Wildman–Crippen MR) is 115 cm³/mol. The van der Waals surface area contributed by atoms with E-state index in [1.165, 1.54) is 37.7 Å². The molecule has 0 aliphatic heterocycles. The highest BCUT2D eigenvalue weighted by Crippen LogP contribution is 2.67. The molecule has 0 bridgehead atoms. The summed E-state index contributed by atoms with van der Waals surface area (Å²) >= 11 is 0. The zero-order chi connectivity index (χ0) is 20.8. The van der Waals surface area contributed by atoms with Gasteiger partial charge in [-0.25, -0.2) is 0 Å². The maximum absolute atomic E-state index is 12.0. The van der Waals surface area contributed by atoms with Crippen molar-refractivity contribution in [2.75, 3.05) is 6.61 Å². The second kappa shape index (κ2) is 7.85. The third-order valence-electron chi connectivity index (χ3n) is 9.83. The molecular weight excluding hydrogens is 360 g/mol. The van der Waals surface area contributed by atoms with Gasteiger partial charge < -0.3 is 4.74 Å². The van der Waals surface area contributed by atoms with Crippen LogP contribution in [0.2, 0.25) is 0 Å². The second-order valence-electron chi connectivity index (χ2n) is 11.0. The lowest BCUT2D eigenvalue weighted by Gasteiger charge is -2.58. The van der Waals surface area contributed by atoms with Crippen LogP contribution in [0.5, 0.6) is 0 Å². The van der Waals surface area contributed by atoms with Gasteiger partial charge in [-0.1, -0.05) is 26.3 Å². The summed E-state index contributed by atoms with van der Waals surface area (Å²) in [7, 11) is 0. The average Bonchev–Trinajstić information content (AvgIpc) is 3.04. The predicted octanol–water partition coefficient (Wildman–Crippen LogP) is 6.11. The fourth-order valence-corrected chi connectivity index (χ4v) is 8.31. The van der Waals surface area contributed by atoms with Gasteiger partial charge in [0, 0.05) is 12.8 Å². The minimum Gasteiger partial charge on any atom is -0.466 e. The van der Waals surface area contributed by atoms with Crippen molar-refractivity contribution in [3.63, 3.8) is 0 Å². The Morgan fingerprint density at radius 3 is 2.69 bits per heavy atom. The Morgan fingerprint density at radius 1 is 1.14 bits per heavy atom. The normalized spacial score (nSPS) is 42.3. The first kappa shape index (κ1) is 21.1. The maximum Gasteiger partial charge on any atom is 0.305 e. The highest BCUT2D eigenvalue weighted by Gasteiger charge is 2.59. The Hall–Kier alpha value is -1.12. The second-order valence-corrected chi connectivity index (χ2v) is 11.0. The van der Waals surface area contributed by atoms with Gasteiger partial charge >= 0.3 is 5.97 Å². The van der Waals surface area contributed by atoms with Crippen LogP contribution in [0.3, 0.4) is 0 Å². The topological polar surface area (TPSA) is 43.4 Å². The van der Waals surface area contributed by atoms with Gasteiger partial charge in [0.25, 0.3) is 0 Å². The zero-order valence-corrected chi connectivity index (χ0v) is 19.0. The van der Waals surface area contributed by atoms with Crippen molar-refractivity contribution < 1.29 is 14.3 Å². The van der Waals surface area contributed by atoms with Gasteiger partial charge in [0.1, 0.15) is 0 Å². The number of hydrogen-bond donors (Lipinski definition) is 0. The third kappa shape index (κ3) is 3.51. The summed E-state index contributed by atoms with van der Waals surface area (Å²) in [6.45, 7) is 9.79. The standard InChI is InChI=1S/C26H40O3/c1-5-29-24(28)11-6-17(2)21-9-10-22-20-8-7-18-16-19(27)12-14-25(18,3)23(20)13-15-26(21,22)4/h16-17,20-23H,5-15H2,1-4H3/t17-,20?,21-,22?,23?,25+,26-/m1/s1. The number of hydrogen-bond acceptors (Lipinski definition) is 3. The van der Waals surface area contributed by atoms with Crippen molar-refractivity contribution in [2.24, 2.45) is 40.4 Å². The third-order valence-corrected chi connectivity index (χ3v) is 9.83. The monoisotopic (exact) mass is 400 g/mol. The molecule has 0 aromatic carbocycles. The Balaban J connectivity index is 1.48. The van der Waals surface area contributed by atoms with Crippen molar-refractivity contribution in [1.29, 1.82) is 0 Å². The molecule has 0 aromatic rings. The van der Waals surface area contributed by atoms with Crippen molar-refractivity contribution in [3.05, 3.63) is 11.6 Å². The van der Waals surface area contributed by atoms with E-state index in [1.807, 2.05) is 13.0 Å². The van der Waals surface area contributed by atoms with Crippen molar-refractivity contribution in [2.45, 2.75) is 91.9 Å². The molecule has 3 saturated carbocycles. The number of carbonyl (C=O) groups excluding carboxylic acids is 2. The molecule has 3 unspecified atom stereocenters. The summed E-state index contributed by atoms with van der Waals surface area (Å²) in [5.41, 5.74) is 2.17. The minimum atomic E-state index is -0.0332. The van der Waals surface area contributed by atoms with Crippen LogP contribution in [0.1, 0.15) is 91.9 Å². The van der Waals surface area contributed by atoms with E-state index < -0.39 is 0 Å². The van der Waals surface area contributed by atoms with Gasteiger partial charge in [-0.15, -0.1) is 0 Å². The van der Waals surface area contributed by atoms with Crippen LogP contribution in [0, 0.1) is 40.4 Å². The summed E-state index contributed by atoms with van der Waals surface area (Å²) in [6, 6.07) is 0. The lowest BCUT2D eigenvalue weighted by Crippen LogP contribution is -2.51. The molecular formula is C26H40O3. The number of carbonyl (C=O) groups is 2. The Morgan fingerprint density at radius 2 is 1.93 bits per heavy atom. The molecule has 0 spiro atoms. The first-order valence-electron chi connectivity index (χ1n) is 12.2. The van der Waals surface area contributed by atoms with E-state index in [-0.39, 0.29) is 11.4 Å². The summed E-state index contributed by atoms with van der Waals surface area (Å²) in [6.07, 6.45) is 13.1. The van der Waals surface area contributed by atoms with Crippen LogP contribution < -0.4 is 0 Å². The van der Waals surface area contributed by atoms with Gasteiger partial charge in [-0.3, -0.25) is 9.59 Å². The molecule has 3 fully saturated rings. The Kier molecular flexibility index (Phi) is 5.72. The van der Waals surface area contributed by atoms with Gasteiger partial charge in [0.05, 0.1) is 6.61 Å². The van der Waals surface area contributed by atoms with Crippen LogP contribution in [0.15, 0.2) is 11.6 Å². The Bertz CT molecular complexity index is 694. The van der Waals surface area contributed by atoms with E-state index in [2.05, 4.69) is 20.8 Å². The SMILES string of the molecule is CCOC(=O)CC[C@@H](C)[C@H]1CCC2C3CCC4=CC(=O)CC[C@]4(C)C3CC[C@@]21C. The van der Waals surface area contributed by atoms with Crippen LogP contribution >= 0.6 is 0 Å². The highest BCUT2D eigenvalue weighted by molar-refractivity contribution is 5.91. The van der Waals surface area contributed by atoms with E-state index in [0.29, 0.717) is 30.1 Å². The van der Waals surface area contributed by atoms with Crippen molar-refractivity contribution >= 4 is 11.8 Å². The molecule has 4 aliphatic carbocycles. The molecule has 0 aromatic heterocycles. The van der Waals surface area contributed by atoms with E-state index in [0.717, 1.165) is 49.4 Å². The number of allylic oxidation sites excluding steroid dienone is 1. The lowest BCUT2D eigenvalue weighted by atomic mass is 9.46. The largest absolute Gasteiger partial charge is 0.466 e. The summed E-state index contributed by atoms with van der Waals surface area (Å²) in [5.74, 6) is 4.07. The van der Waals surface area contributed by atoms with E-state index in [9.17, 15) is 9.59 Å². The zero-order valence-electron chi connectivity index (χ0n) is 19.0. The number of esters is 1. The van der Waals surface area contributed by atoms with Gasteiger partial charge in [-0.2, -0.15) is 0 Å². The molecule has 0 N–H and O–H groups in total. The number of fused-ring (bicyclic) bond motifs is 5. The minimum absolute atomic E-state index is 0.0332. The molecule has 7 atom stereocenters. The van der Waals surface area contributed by atoms with Crippen LogP contribution in [-0.2, 0) is 14.3 Å². The summed E-state index contributed by atoms with van der Waals surface area (Å²) in [4.78, 5) is 23.9.